The van der Waals surface area contributed by atoms with Crippen molar-refractivity contribution in [3.63, 3.8) is 0 Å². The van der Waals surface area contributed by atoms with Gasteiger partial charge >= 0.3 is 0 Å². The second-order valence-electron chi connectivity index (χ2n) is 6.37. The molecule has 1 aromatic heterocycles. The standard InChI is InChI=1S/C20H22ClN3OS2/c1-23(2)12-13-24(20-22-17-5-3-4-6-18(17)27-20)19(25)11-14-26-16-9-7-15(21)8-10-16/h3-10H,11-14H2,1-2H3. The minimum Gasteiger partial charge on any atom is -0.308 e. The van der Waals surface area contributed by atoms with Crippen molar-refractivity contribution in [2.75, 3.05) is 37.8 Å². The number of hydrogen-bond acceptors (Lipinski definition) is 5. The fourth-order valence-corrected chi connectivity index (χ4v) is 4.50. The highest BCUT2D eigenvalue weighted by Crippen LogP contribution is 2.29. The molecule has 2 aromatic carbocycles. The van der Waals surface area contributed by atoms with Gasteiger partial charge in [-0.15, -0.1) is 11.8 Å². The maximum Gasteiger partial charge on any atom is 0.229 e. The van der Waals surface area contributed by atoms with E-state index in [2.05, 4.69) is 9.88 Å². The molecule has 0 saturated carbocycles. The number of thiazole rings is 1. The average molecular weight is 420 g/mol. The second kappa shape index (κ2) is 9.55. The van der Waals surface area contributed by atoms with E-state index in [9.17, 15) is 4.79 Å². The number of thioether (sulfide) groups is 1. The maximum absolute atomic E-state index is 12.9. The first kappa shape index (κ1) is 20.1. The summed E-state index contributed by atoms with van der Waals surface area (Å²) < 4.78 is 1.10. The van der Waals surface area contributed by atoms with E-state index in [-0.39, 0.29) is 5.91 Å². The van der Waals surface area contributed by atoms with Crippen molar-refractivity contribution in [3.05, 3.63) is 53.6 Å². The summed E-state index contributed by atoms with van der Waals surface area (Å²) in [5.41, 5.74) is 0.940. The topological polar surface area (TPSA) is 36.4 Å². The van der Waals surface area contributed by atoms with E-state index in [0.717, 1.165) is 37.6 Å². The zero-order valence-corrected chi connectivity index (χ0v) is 17.8. The Morgan fingerprint density at radius 2 is 1.85 bits per heavy atom. The molecule has 3 rings (SSSR count). The van der Waals surface area contributed by atoms with E-state index >= 15 is 0 Å². The van der Waals surface area contributed by atoms with Crippen molar-refractivity contribution < 1.29 is 4.79 Å². The third-order valence-corrected chi connectivity index (χ3v) is 6.31. The molecule has 0 bridgehead atoms. The average Bonchev–Trinajstić information content (AvgIpc) is 3.07. The van der Waals surface area contributed by atoms with E-state index in [4.69, 9.17) is 11.6 Å². The summed E-state index contributed by atoms with van der Waals surface area (Å²) >= 11 is 9.16. The Hall–Kier alpha value is -1.60. The van der Waals surface area contributed by atoms with Crippen LogP contribution >= 0.6 is 34.7 Å². The third kappa shape index (κ3) is 5.69. The van der Waals surface area contributed by atoms with E-state index < -0.39 is 0 Å². The SMILES string of the molecule is CN(C)CCN(C(=O)CCSc1ccc(Cl)cc1)c1nc2ccccc2s1. The molecule has 7 heteroatoms. The molecule has 1 amide bonds. The van der Waals surface area contributed by atoms with Gasteiger partial charge in [-0.2, -0.15) is 0 Å². The summed E-state index contributed by atoms with van der Waals surface area (Å²) in [5, 5.41) is 1.50. The number of aromatic nitrogens is 1. The molecule has 0 radical (unpaired) electrons. The zero-order chi connectivity index (χ0) is 19.2. The second-order valence-corrected chi connectivity index (χ2v) is 8.98. The lowest BCUT2D eigenvalue weighted by molar-refractivity contribution is -0.118. The summed E-state index contributed by atoms with van der Waals surface area (Å²) in [6.45, 7) is 1.43. The summed E-state index contributed by atoms with van der Waals surface area (Å²) in [4.78, 5) is 22.6. The Morgan fingerprint density at radius 3 is 2.56 bits per heavy atom. The summed E-state index contributed by atoms with van der Waals surface area (Å²) in [5.74, 6) is 0.835. The number of halogens is 1. The van der Waals surface area contributed by atoms with Crippen LogP contribution in [0, 0.1) is 0 Å². The van der Waals surface area contributed by atoms with Crippen LogP contribution in [0.3, 0.4) is 0 Å². The molecule has 0 aliphatic carbocycles. The van der Waals surface area contributed by atoms with Crippen molar-refractivity contribution in [2.24, 2.45) is 0 Å². The number of likely N-dealkylation sites (N-methyl/N-ethyl adjacent to an activating group) is 1. The minimum atomic E-state index is 0.109. The van der Waals surface area contributed by atoms with Gasteiger partial charge < -0.3 is 4.90 Å². The first-order valence-corrected chi connectivity index (χ1v) is 10.9. The molecule has 0 N–H and O–H groups in total. The first-order valence-electron chi connectivity index (χ1n) is 8.72. The number of anilines is 1. The van der Waals surface area contributed by atoms with Crippen LogP contribution in [-0.2, 0) is 4.79 Å². The molecule has 4 nitrogen and oxygen atoms in total. The van der Waals surface area contributed by atoms with Crippen LogP contribution in [0.5, 0.6) is 0 Å². The zero-order valence-electron chi connectivity index (χ0n) is 15.4. The van der Waals surface area contributed by atoms with Crippen LogP contribution in [-0.4, -0.2) is 48.7 Å². The number of carbonyl (C=O) groups is 1. The van der Waals surface area contributed by atoms with E-state index in [1.54, 1.807) is 23.1 Å². The molecular formula is C20H22ClN3OS2. The third-order valence-electron chi connectivity index (χ3n) is 3.98. The van der Waals surface area contributed by atoms with Gasteiger partial charge in [-0.05, 0) is 50.5 Å². The first-order chi connectivity index (χ1) is 13.0. The Balaban J connectivity index is 1.67. The van der Waals surface area contributed by atoms with Gasteiger partial charge in [-0.25, -0.2) is 4.98 Å². The summed E-state index contributed by atoms with van der Waals surface area (Å²) in [6.07, 6.45) is 0.469. The molecule has 0 spiro atoms. The Morgan fingerprint density at radius 1 is 1.11 bits per heavy atom. The molecule has 3 aromatic rings. The molecular weight excluding hydrogens is 398 g/mol. The van der Waals surface area contributed by atoms with E-state index in [1.165, 1.54) is 0 Å². The Bertz CT molecular complexity index is 863. The van der Waals surface area contributed by atoms with Crippen LogP contribution in [0.2, 0.25) is 5.02 Å². The van der Waals surface area contributed by atoms with Crippen LogP contribution < -0.4 is 4.90 Å². The van der Waals surface area contributed by atoms with Crippen molar-refractivity contribution in [3.8, 4) is 0 Å². The smallest absolute Gasteiger partial charge is 0.229 e. The highest BCUT2D eigenvalue weighted by molar-refractivity contribution is 7.99. The molecule has 142 valence electrons. The number of amides is 1. The Kier molecular flexibility index (Phi) is 7.13. The normalized spacial score (nSPS) is 11.3. The van der Waals surface area contributed by atoms with Gasteiger partial charge in [0.15, 0.2) is 5.13 Å². The van der Waals surface area contributed by atoms with Crippen molar-refractivity contribution in [1.29, 1.82) is 0 Å². The minimum absolute atomic E-state index is 0.109. The molecule has 0 fully saturated rings. The van der Waals surface area contributed by atoms with E-state index in [1.807, 2.05) is 67.5 Å². The number of para-hydroxylation sites is 1. The molecule has 0 atom stereocenters. The summed E-state index contributed by atoms with van der Waals surface area (Å²) in [6, 6.07) is 15.7. The monoisotopic (exact) mass is 419 g/mol. The van der Waals surface area contributed by atoms with Gasteiger partial charge in [0.05, 0.1) is 10.2 Å². The number of carbonyl (C=O) groups excluding carboxylic acids is 1. The lowest BCUT2D eigenvalue weighted by atomic mass is 10.3. The van der Waals surface area contributed by atoms with Gasteiger partial charge in [0.1, 0.15) is 0 Å². The quantitative estimate of drug-likeness (QED) is 0.480. The number of rotatable bonds is 8. The van der Waals surface area contributed by atoms with Crippen LogP contribution in [0.25, 0.3) is 10.2 Å². The van der Waals surface area contributed by atoms with Crippen LogP contribution in [0.4, 0.5) is 5.13 Å². The Labute approximate surface area is 173 Å². The fraction of sp³-hybridized carbons (Fsp3) is 0.300. The highest BCUT2D eigenvalue weighted by atomic mass is 35.5. The predicted octanol–water partition coefficient (Wildman–Crippen LogP) is 5.03. The van der Waals surface area contributed by atoms with E-state index in [0.29, 0.717) is 13.0 Å². The number of benzene rings is 2. The van der Waals surface area contributed by atoms with Gasteiger partial charge in [0.2, 0.25) is 5.91 Å². The molecule has 0 saturated heterocycles. The van der Waals surface area contributed by atoms with Crippen LogP contribution in [0.1, 0.15) is 6.42 Å². The van der Waals surface area contributed by atoms with Gasteiger partial charge in [-0.3, -0.25) is 9.69 Å². The van der Waals surface area contributed by atoms with Crippen molar-refractivity contribution in [1.82, 2.24) is 9.88 Å². The predicted molar refractivity (Wildman–Crippen MR) is 117 cm³/mol. The van der Waals surface area contributed by atoms with Gasteiger partial charge in [0.25, 0.3) is 0 Å². The van der Waals surface area contributed by atoms with Gasteiger partial charge in [-0.1, -0.05) is 35.1 Å². The van der Waals surface area contributed by atoms with Crippen LogP contribution in [0.15, 0.2) is 53.4 Å². The molecule has 0 unspecified atom stereocenters. The largest absolute Gasteiger partial charge is 0.308 e. The fourth-order valence-electron chi connectivity index (χ4n) is 2.52. The summed E-state index contributed by atoms with van der Waals surface area (Å²) in [7, 11) is 4.02. The number of nitrogens with zero attached hydrogens (tertiary/aromatic N) is 3. The lowest BCUT2D eigenvalue weighted by Crippen LogP contribution is -2.36. The molecule has 0 aliphatic rings. The molecule has 1 heterocycles. The van der Waals surface area contributed by atoms with Gasteiger partial charge in [0, 0.05) is 35.2 Å². The number of fused-ring (bicyclic) bond motifs is 1. The lowest BCUT2D eigenvalue weighted by Gasteiger charge is -2.22. The molecule has 27 heavy (non-hydrogen) atoms. The van der Waals surface area contributed by atoms with Crippen molar-refractivity contribution >= 4 is 56.0 Å². The highest BCUT2D eigenvalue weighted by Gasteiger charge is 2.19. The molecule has 0 aliphatic heterocycles. The van der Waals surface area contributed by atoms with Crippen molar-refractivity contribution in [2.45, 2.75) is 11.3 Å². The maximum atomic E-state index is 12.9. The number of hydrogen-bond donors (Lipinski definition) is 0.